The molecule has 0 unspecified atom stereocenters. The van der Waals surface area contributed by atoms with Crippen LogP contribution in [0.25, 0.3) is 0 Å². The molecule has 0 spiro atoms. The van der Waals surface area contributed by atoms with Gasteiger partial charge >= 0.3 is 24.4 Å². The Labute approximate surface area is 433 Å². The number of carbonyl (C=O) groups is 5. The van der Waals surface area contributed by atoms with Crippen LogP contribution in [-0.4, -0.2) is 228 Å². The molecule has 0 aromatic heterocycles. The number of halogens is 2. The number of aldehydes is 1. The Balaban J connectivity index is -0.000000451. The number of carbonyl (C=O) groups excluding carboxylic acids is 5. The van der Waals surface area contributed by atoms with Crippen molar-refractivity contribution in [1.82, 2.24) is 10.1 Å². The van der Waals surface area contributed by atoms with Gasteiger partial charge in [0.15, 0.2) is 0 Å². The number of amides is 4. The van der Waals surface area contributed by atoms with Crippen LogP contribution in [0.15, 0.2) is 0 Å². The zero-order valence-electron chi connectivity index (χ0n) is 43.6. The van der Waals surface area contributed by atoms with Crippen LogP contribution in [0.2, 0.25) is 0 Å². The van der Waals surface area contributed by atoms with Gasteiger partial charge in [0.1, 0.15) is 35.3 Å². The maximum Gasteiger partial charge on any atom is 0.444 e. The highest BCUT2D eigenvalue weighted by Gasteiger charge is 2.34. The molecule has 26 heteroatoms. The summed E-state index contributed by atoms with van der Waals surface area (Å²) in [5.74, 6) is 0.514. The number of hydroxylamine groups is 4. The van der Waals surface area contributed by atoms with Crippen LogP contribution in [0, 0.1) is 0 Å². The molecule has 0 aliphatic rings. The lowest BCUT2D eigenvalue weighted by Crippen LogP contribution is -2.44. The molecular formula is C44H86ClIN2O22. The molecular weight excluding hydrogens is 1070 g/mol. The first-order chi connectivity index (χ1) is 32.7. The highest BCUT2D eigenvalue weighted by Crippen LogP contribution is 2.16. The predicted octanol–water partition coefficient (Wildman–Crippen LogP) is 5.14. The summed E-state index contributed by atoms with van der Waals surface area (Å²) in [4.78, 5) is 68.8. The maximum atomic E-state index is 12.1. The van der Waals surface area contributed by atoms with Gasteiger partial charge in [-0.25, -0.2) is 19.2 Å². The Morgan fingerprint density at radius 3 is 0.900 bits per heavy atom. The first kappa shape index (κ1) is 74.2. The van der Waals surface area contributed by atoms with Gasteiger partial charge in [0.25, 0.3) is 0 Å². The van der Waals surface area contributed by atoms with Gasteiger partial charge in [0, 0.05) is 10.3 Å². The van der Waals surface area contributed by atoms with Crippen molar-refractivity contribution in [3.63, 3.8) is 0 Å². The largest absolute Gasteiger partial charge is 0.444 e. The fourth-order valence-electron chi connectivity index (χ4n) is 3.57. The number of rotatable bonds is 32. The fourth-order valence-corrected chi connectivity index (χ4v) is 3.99. The molecule has 0 aromatic carbocycles. The van der Waals surface area contributed by atoms with Crippen LogP contribution < -0.4 is 0 Å². The van der Waals surface area contributed by atoms with Crippen LogP contribution in [-0.2, 0) is 71.3 Å². The summed E-state index contributed by atoms with van der Waals surface area (Å²) in [6.07, 6.45) is -3.24. The summed E-state index contributed by atoms with van der Waals surface area (Å²) in [7, 11) is 0. The Hall–Kier alpha value is -2.35. The Kier molecular flexibility index (Phi) is 50.5. The summed E-state index contributed by atoms with van der Waals surface area (Å²) in [6, 6.07) is 0. The number of imide groups is 2. The number of nitrogens with zero attached hydrogens (tertiary/aromatic N) is 2. The molecule has 4 amide bonds. The van der Waals surface area contributed by atoms with E-state index in [-0.39, 0.29) is 72.7 Å². The van der Waals surface area contributed by atoms with Crippen LogP contribution >= 0.6 is 34.2 Å². The van der Waals surface area contributed by atoms with Gasteiger partial charge in [-0.2, -0.15) is 0 Å². The molecule has 0 rings (SSSR count). The SMILES string of the molecule is CC(C)(C)OC(=O)N(OCCOCCOCC=O)C(=O)OC(C)(C)C.CC(C)(C)OC(=O)N(OCCOCCOCCO)C(=O)OC(C)(C)C.OCCOCCOCCCl.OCCOCCOCCI. The molecule has 0 bridgehead atoms. The van der Waals surface area contributed by atoms with Crippen LogP contribution in [0.1, 0.15) is 83.1 Å². The average molecular weight is 1160 g/mol. The van der Waals surface area contributed by atoms with Crippen molar-refractivity contribution in [2.75, 3.05) is 149 Å². The second-order valence-electron chi connectivity index (χ2n) is 17.3. The number of hydrogen-bond acceptors (Lipinski definition) is 22. The van der Waals surface area contributed by atoms with E-state index in [1.807, 2.05) is 0 Å². The standard InChI is InChI=1S/C16H31NO8.C16H29NO8.C6H13ClO3.C6H13IO3/c2*1-15(2,3)24-13(19)17(14(20)25-16(4,5)6)23-12-11-22-10-9-21-8-7-18;2*7-1-3-9-5-6-10-4-2-8/h18H,7-12H2,1-6H3;7H,8-12H2,1-6H3;2*8H,1-6H2. The first-order valence-corrected chi connectivity index (χ1v) is 24.6. The molecule has 24 nitrogen and oxygen atoms in total. The van der Waals surface area contributed by atoms with E-state index in [0.29, 0.717) is 81.8 Å². The Morgan fingerprint density at radius 1 is 0.414 bits per heavy atom. The van der Waals surface area contributed by atoms with Crippen molar-refractivity contribution >= 4 is 64.9 Å². The van der Waals surface area contributed by atoms with Crippen molar-refractivity contribution in [3.8, 4) is 0 Å². The molecule has 3 N–H and O–H groups in total. The third-order valence-corrected chi connectivity index (χ3v) is 6.55. The van der Waals surface area contributed by atoms with Gasteiger partial charge in [-0.1, -0.05) is 32.7 Å². The molecule has 0 aliphatic heterocycles. The number of ether oxygens (including phenoxy) is 12. The molecule has 0 saturated heterocycles. The minimum absolute atomic E-state index is 0.00489. The van der Waals surface area contributed by atoms with Crippen molar-refractivity contribution < 1.29 is 106 Å². The fraction of sp³-hybridized carbons (Fsp3) is 0.886. The number of aliphatic hydroxyl groups excluding tert-OH is 3. The zero-order valence-corrected chi connectivity index (χ0v) is 46.5. The molecule has 0 aromatic rings. The summed E-state index contributed by atoms with van der Waals surface area (Å²) < 4.78 is 61.9. The highest BCUT2D eigenvalue weighted by atomic mass is 127. The average Bonchev–Trinajstić information content (AvgIpc) is 3.23. The van der Waals surface area contributed by atoms with Gasteiger partial charge < -0.3 is 77.0 Å². The molecule has 418 valence electrons. The van der Waals surface area contributed by atoms with Crippen molar-refractivity contribution in [3.05, 3.63) is 0 Å². The summed E-state index contributed by atoms with van der Waals surface area (Å²) in [5, 5.41) is 26.0. The lowest BCUT2D eigenvalue weighted by atomic mass is 10.2. The molecule has 0 fully saturated rings. The second-order valence-corrected chi connectivity index (χ2v) is 18.7. The molecule has 0 atom stereocenters. The van der Waals surface area contributed by atoms with Crippen molar-refractivity contribution in [1.29, 1.82) is 0 Å². The quantitative estimate of drug-likeness (QED) is 0.0196. The summed E-state index contributed by atoms with van der Waals surface area (Å²) in [5.41, 5.74) is -3.18. The minimum Gasteiger partial charge on any atom is -0.442 e. The second kappa shape index (κ2) is 47.6. The van der Waals surface area contributed by atoms with Crippen LogP contribution in [0.4, 0.5) is 19.2 Å². The highest BCUT2D eigenvalue weighted by molar-refractivity contribution is 14.1. The van der Waals surface area contributed by atoms with Gasteiger partial charge in [-0.15, -0.1) is 11.6 Å². The maximum absolute atomic E-state index is 12.1. The van der Waals surface area contributed by atoms with Gasteiger partial charge in [-0.05, 0) is 83.1 Å². The molecule has 0 heterocycles. The molecule has 0 aliphatic carbocycles. The minimum atomic E-state index is -0.976. The first-order valence-electron chi connectivity index (χ1n) is 22.5. The number of aliphatic hydroxyl groups is 3. The van der Waals surface area contributed by atoms with E-state index in [4.69, 9.17) is 93.4 Å². The molecule has 0 saturated carbocycles. The van der Waals surface area contributed by atoms with E-state index in [2.05, 4.69) is 22.6 Å². The van der Waals surface area contributed by atoms with Gasteiger partial charge in [-0.3, -0.25) is 9.68 Å². The lowest BCUT2D eigenvalue weighted by Gasteiger charge is -2.27. The molecule has 70 heavy (non-hydrogen) atoms. The smallest absolute Gasteiger partial charge is 0.442 e. The number of alkyl halides is 2. The topological polar surface area (TPSA) is 282 Å². The lowest BCUT2D eigenvalue weighted by molar-refractivity contribution is -0.148. The van der Waals surface area contributed by atoms with E-state index in [9.17, 15) is 24.0 Å². The van der Waals surface area contributed by atoms with Crippen molar-refractivity contribution in [2.24, 2.45) is 0 Å². The Morgan fingerprint density at radius 2 is 0.657 bits per heavy atom. The van der Waals surface area contributed by atoms with Crippen LogP contribution in [0.5, 0.6) is 0 Å². The van der Waals surface area contributed by atoms with Crippen LogP contribution in [0.3, 0.4) is 0 Å². The Bertz CT molecular complexity index is 1180. The summed E-state index contributed by atoms with van der Waals surface area (Å²) >= 11 is 7.59. The molecule has 0 radical (unpaired) electrons. The van der Waals surface area contributed by atoms with Gasteiger partial charge in [0.05, 0.1) is 132 Å². The monoisotopic (exact) mass is 1160 g/mol. The zero-order chi connectivity index (χ0) is 54.3. The normalized spacial score (nSPS) is 11.4. The third-order valence-electron chi connectivity index (χ3n) is 5.96. The van der Waals surface area contributed by atoms with E-state index in [1.165, 1.54) is 0 Å². The number of hydrogen-bond donors (Lipinski definition) is 3. The van der Waals surface area contributed by atoms with E-state index in [0.717, 1.165) is 11.0 Å². The summed E-state index contributed by atoms with van der Waals surface area (Å²) in [6.45, 7) is 26.0. The van der Waals surface area contributed by atoms with E-state index < -0.39 is 46.8 Å². The van der Waals surface area contributed by atoms with E-state index in [1.54, 1.807) is 83.1 Å². The predicted molar refractivity (Wildman–Crippen MR) is 264 cm³/mol. The third kappa shape index (κ3) is 60.0. The van der Waals surface area contributed by atoms with E-state index >= 15 is 0 Å². The van der Waals surface area contributed by atoms with Crippen molar-refractivity contribution in [2.45, 2.75) is 105 Å². The van der Waals surface area contributed by atoms with Gasteiger partial charge in [0.2, 0.25) is 0 Å².